The molecule has 0 amide bonds. The van der Waals surface area contributed by atoms with Crippen LogP contribution in [0.4, 0.5) is 0 Å². The number of pyridine rings is 1. The van der Waals surface area contributed by atoms with Gasteiger partial charge in [-0.2, -0.15) is 0 Å². The fourth-order valence-electron chi connectivity index (χ4n) is 2.45. The molecule has 21 heavy (non-hydrogen) atoms. The highest BCUT2D eigenvalue weighted by molar-refractivity contribution is 5.91. The lowest BCUT2D eigenvalue weighted by molar-refractivity contribution is -0.119. The number of aromatic nitrogens is 1. The molecule has 104 valence electrons. The number of nitrogens with zero attached hydrogens (tertiary/aromatic N) is 1. The van der Waals surface area contributed by atoms with E-state index in [9.17, 15) is 4.79 Å². The number of fused-ring (bicyclic) bond motifs is 1. The second-order valence-electron chi connectivity index (χ2n) is 5.02. The summed E-state index contributed by atoms with van der Waals surface area (Å²) in [6.45, 7) is 0. The van der Waals surface area contributed by atoms with Gasteiger partial charge in [0.1, 0.15) is 0 Å². The standard InChI is InChI=1S/C18H16N2O/c19-18(13-6-2-1-3-7-13)17(21)12-14-10-11-20-16-9-5-4-8-15(14)16/h1-11,18H,12,19H2. The summed E-state index contributed by atoms with van der Waals surface area (Å²) in [6, 6.07) is 18.6. The van der Waals surface area contributed by atoms with Crippen LogP contribution in [0.2, 0.25) is 0 Å². The van der Waals surface area contributed by atoms with Gasteiger partial charge in [0.2, 0.25) is 0 Å². The predicted molar refractivity (Wildman–Crippen MR) is 83.8 cm³/mol. The molecule has 3 rings (SSSR count). The first-order chi connectivity index (χ1) is 10.3. The van der Waals surface area contributed by atoms with Crippen molar-refractivity contribution in [3.8, 4) is 0 Å². The fourth-order valence-corrected chi connectivity index (χ4v) is 2.45. The van der Waals surface area contributed by atoms with Crippen molar-refractivity contribution in [1.82, 2.24) is 4.98 Å². The molecule has 1 heterocycles. The number of benzene rings is 2. The minimum Gasteiger partial charge on any atom is -0.318 e. The number of carbonyl (C=O) groups is 1. The van der Waals surface area contributed by atoms with E-state index >= 15 is 0 Å². The number of hydrogen-bond donors (Lipinski definition) is 1. The maximum Gasteiger partial charge on any atom is 0.158 e. The van der Waals surface area contributed by atoms with Crippen LogP contribution in [0.1, 0.15) is 17.2 Å². The van der Waals surface area contributed by atoms with Gasteiger partial charge in [0, 0.05) is 18.0 Å². The molecular formula is C18H16N2O. The molecule has 0 fully saturated rings. The molecule has 0 spiro atoms. The van der Waals surface area contributed by atoms with Crippen molar-refractivity contribution in [2.45, 2.75) is 12.5 Å². The SMILES string of the molecule is NC(C(=O)Cc1ccnc2ccccc12)c1ccccc1. The highest BCUT2D eigenvalue weighted by atomic mass is 16.1. The van der Waals surface area contributed by atoms with Gasteiger partial charge in [0.15, 0.2) is 5.78 Å². The Morgan fingerprint density at radius 1 is 1.00 bits per heavy atom. The summed E-state index contributed by atoms with van der Waals surface area (Å²) in [5.41, 5.74) is 8.78. The van der Waals surface area contributed by atoms with Gasteiger partial charge in [-0.1, -0.05) is 48.5 Å². The van der Waals surface area contributed by atoms with E-state index in [1.807, 2.05) is 60.7 Å². The van der Waals surface area contributed by atoms with Crippen LogP contribution in [-0.4, -0.2) is 10.8 Å². The van der Waals surface area contributed by atoms with Gasteiger partial charge in [0.25, 0.3) is 0 Å². The third kappa shape index (κ3) is 2.83. The summed E-state index contributed by atoms with van der Waals surface area (Å²) in [5, 5.41) is 1.01. The first-order valence-corrected chi connectivity index (χ1v) is 6.91. The molecular weight excluding hydrogens is 260 g/mol. The topological polar surface area (TPSA) is 56.0 Å². The Morgan fingerprint density at radius 3 is 2.52 bits per heavy atom. The van der Waals surface area contributed by atoms with E-state index < -0.39 is 6.04 Å². The van der Waals surface area contributed by atoms with Crippen LogP contribution >= 0.6 is 0 Å². The van der Waals surface area contributed by atoms with E-state index in [0.29, 0.717) is 6.42 Å². The molecule has 0 radical (unpaired) electrons. The second kappa shape index (κ2) is 5.85. The van der Waals surface area contributed by atoms with Crippen molar-refractivity contribution >= 4 is 16.7 Å². The minimum absolute atomic E-state index is 0.0116. The van der Waals surface area contributed by atoms with Crippen LogP contribution in [-0.2, 0) is 11.2 Å². The number of Topliss-reactive ketones (excluding diaryl/α,β-unsaturated/α-hetero) is 1. The van der Waals surface area contributed by atoms with Crippen LogP contribution < -0.4 is 5.73 Å². The number of hydrogen-bond acceptors (Lipinski definition) is 3. The Labute approximate surface area is 123 Å². The summed E-state index contributed by atoms with van der Waals surface area (Å²) in [5.74, 6) is 0.0116. The molecule has 1 aromatic heterocycles. The molecule has 2 aromatic carbocycles. The Bertz CT molecular complexity index is 763. The van der Waals surface area contributed by atoms with Crippen molar-refractivity contribution in [2.24, 2.45) is 5.73 Å². The molecule has 0 aliphatic rings. The molecule has 1 atom stereocenters. The van der Waals surface area contributed by atoms with Crippen LogP contribution in [0.5, 0.6) is 0 Å². The summed E-state index contributed by atoms with van der Waals surface area (Å²) in [7, 11) is 0. The molecule has 0 bridgehead atoms. The van der Waals surface area contributed by atoms with E-state index in [1.54, 1.807) is 6.20 Å². The third-order valence-electron chi connectivity index (χ3n) is 3.61. The van der Waals surface area contributed by atoms with Gasteiger partial charge >= 0.3 is 0 Å². The van der Waals surface area contributed by atoms with E-state index in [4.69, 9.17) is 5.73 Å². The number of para-hydroxylation sites is 1. The summed E-state index contributed by atoms with van der Waals surface area (Å²) >= 11 is 0. The van der Waals surface area contributed by atoms with Gasteiger partial charge in [0.05, 0.1) is 11.6 Å². The van der Waals surface area contributed by atoms with E-state index in [2.05, 4.69) is 4.98 Å². The summed E-state index contributed by atoms with van der Waals surface area (Å²) in [6.07, 6.45) is 2.05. The van der Waals surface area contributed by atoms with Crippen molar-refractivity contribution < 1.29 is 4.79 Å². The molecule has 0 aliphatic heterocycles. The average molecular weight is 276 g/mol. The first-order valence-electron chi connectivity index (χ1n) is 6.91. The Morgan fingerprint density at radius 2 is 1.71 bits per heavy atom. The lowest BCUT2D eigenvalue weighted by Gasteiger charge is -2.12. The smallest absolute Gasteiger partial charge is 0.158 e. The number of ketones is 1. The van der Waals surface area contributed by atoms with Crippen LogP contribution in [0.3, 0.4) is 0 Å². The van der Waals surface area contributed by atoms with Crippen molar-refractivity contribution in [3.63, 3.8) is 0 Å². The number of rotatable bonds is 4. The Hall–Kier alpha value is -2.52. The molecule has 3 heteroatoms. The Balaban J connectivity index is 1.87. The van der Waals surface area contributed by atoms with Crippen molar-refractivity contribution in [2.75, 3.05) is 0 Å². The van der Waals surface area contributed by atoms with E-state index in [0.717, 1.165) is 22.0 Å². The minimum atomic E-state index is -0.585. The number of carbonyl (C=O) groups excluding carboxylic acids is 1. The quantitative estimate of drug-likeness (QED) is 0.796. The zero-order chi connectivity index (χ0) is 14.7. The maximum absolute atomic E-state index is 12.4. The van der Waals surface area contributed by atoms with Gasteiger partial charge in [-0.25, -0.2) is 0 Å². The monoisotopic (exact) mass is 276 g/mol. The maximum atomic E-state index is 12.4. The predicted octanol–water partition coefficient (Wildman–Crippen LogP) is 3.05. The summed E-state index contributed by atoms with van der Waals surface area (Å²) in [4.78, 5) is 16.7. The van der Waals surface area contributed by atoms with Gasteiger partial charge in [-0.3, -0.25) is 9.78 Å². The zero-order valence-electron chi connectivity index (χ0n) is 11.6. The lowest BCUT2D eigenvalue weighted by Crippen LogP contribution is -2.23. The summed E-state index contributed by atoms with van der Waals surface area (Å²) < 4.78 is 0. The Kier molecular flexibility index (Phi) is 3.75. The van der Waals surface area contributed by atoms with Crippen molar-refractivity contribution in [1.29, 1.82) is 0 Å². The highest BCUT2D eigenvalue weighted by Gasteiger charge is 2.16. The molecule has 3 nitrogen and oxygen atoms in total. The van der Waals surface area contributed by atoms with E-state index in [1.165, 1.54) is 0 Å². The second-order valence-corrected chi connectivity index (χ2v) is 5.02. The lowest BCUT2D eigenvalue weighted by atomic mass is 9.97. The van der Waals surface area contributed by atoms with Crippen LogP contribution in [0.15, 0.2) is 66.9 Å². The molecule has 1 unspecified atom stereocenters. The largest absolute Gasteiger partial charge is 0.318 e. The van der Waals surface area contributed by atoms with Gasteiger partial charge in [-0.15, -0.1) is 0 Å². The van der Waals surface area contributed by atoms with Crippen LogP contribution in [0, 0.1) is 0 Å². The number of nitrogens with two attached hydrogens (primary N) is 1. The zero-order valence-corrected chi connectivity index (χ0v) is 11.6. The third-order valence-corrected chi connectivity index (χ3v) is 3.61. The molecule has 0 saturated heterocycles. The van der Waals surface area contributed by atoms with Crippen LogP contribution in [0.25, 0.3) is 10.9 Å². The molecule has 3 aromatic rings. The average Bonchev–Trinajstić information content (AvgIpc) is 2.55. The van der Waals surface area contributed by atoms with E-state index in [-0.39, 0.29) is 5.78 Å². The van der Waals surface area contributed by atoms with Gasteiger partial charge < -0.3 is 5.73 Å². The highest BCUT2D eigenvalue weighted by Crippen LogP contribution is 2.19. The molecule has 2 N–H and O–H groups in total. The fraction of sp³-hybridized carbons (Fsp3) is 0.111. The van der Waals surface area contributed by atoms with Crippen molar-refractivity contribution in [3.05, 3.63) is 78.0 Å². The van der Waals surface area contributed by atoms with Gasteiger partial charge in [-0.05, 0) is 23.3 Å². The first kappa shape index (κ1) is 13.5. The molecule has 0 saturated carbocycles. The normalized spacial score (nSPS) is 12.2. The molecule has 0 aliphatic carbocycles.